The van der Waals surface area contributed by atoms with E-state index in [1.165, 1.54) is 5.56 Å². The number of benzene rings is 1. The molecule has 1 aliphatic rings. The number of rotatable bonds is 4. The normalized spacial score (nSPS) is 26.0. The first-order valence-electron chi connectivity index (χ1n) is 7.09. The molecule has 0 aromatic heterocycles. The summed E-state index contributed by atoms with van der Waals surface area (Å²) >= 11 is 0. The maximum absolute atomic E-state index is 11.3. The third-order valence-corrected chi connectivity index (χ3v) is 4.31. The van der Waals surface area contributed by atoms with Gasteiger partial charge in [-0.1, -0.05) is 44.2 Å². The quantitative estimate of drug-likeness (QED) is 0.906. The third kappa shape index (κ3) is 2.98. The molecule has 1 heterocycles. The van der Waals surface area contributed by atoms with Gasteiger partial charge in [0.15, 0.2) is 0 Å². The fraction of sp³-hybridized carbons (Fsp3) is 0.562. The Morgan fingerprint density at radius 3 is 2.68 bits per heavy atom. The molecular weight excluding hydrogens is 238 g/mol. The lowest BCUT2D eigenvalue weighted by molar-refractivity contribution is -0.144. The monoisotopic (exact) mass is 261 g/mol. The van der Waals surface area contributed by atoms with Crippen LogP contribution in [0.4, 0.5) is 0 Å². The largest absolute Gasteiger partial charge is 0.480 e. The van der Waals surface area contributed by atoms with Crippen LogP contribution in [0, 0.1) is 0 Å². The summed E-state index contributed by atoms with van der Waals surface area (Å²) in [6, 6.07) is 10.1. The van der Waals surface area contributed by atoms with Crippen molar-refractivity contribution in [1.29, 1.82) is 0 Å². The molecule has 0 spiro atoms. The van der Waals surface area contributed by atoms with E-state index in [0.29, 0.717) is 6.42 Å². The lowest BCUT2D eigenvalue weighted by Crippen LogP contribution is -2.51. The van der Waals surface area contributed by atoms with E-state index in [2.05, 4.69) is 36.1 Å². The van der Waals surface area contributed by atoms with Gasteiger partial charge in [0.25, 0.3) is 0 Å². The minimum absolute atomic E-state index is 0.0718. The molecule has 1 saturated heterocycles. The number of aliphatic carboxylic acids is 1. The molecule has 0 aliphatic carbocycles. The van der Waals surface area contributed by atoms with E-state index in [1.807, 2.05) is 13.0 Å². The second kappa shape index (κ2) is 5.74. The molecule has 1 fully saturated rings. The Morgan fingerprint density at radius 1 is 1.42 bits per heavy atom. The van der Waals surface area contributed by atoms with Crippen molar-refractivity contribution >= 4 is 5.97 Å². The summed E-state index contributed by atoms with van der Waals surface area (Å²) in [5, 5.41) is 9.32. The van der Waals surface area contributed by atoms with Crippen LogP contribution in [0.2, 0.25) is 0 Å². The zero-order chi connectivity index (χ0) is 13.9. The van der Waals surface area contributed by atoms with Gasteiger partial charge in [0.1, 0.15) is 6.04 Å². The van der Waals surface area contributed by atoms with Gasteiger partial charge in [0.2, 0.25) is 0 Å². The molecule has 1 N–H and O–H groups in total. The molecule has 0 saturated carbocycles. The molecule has 1 aromatic rings. The van der Waals surface area contributed by atoms with Crippen LogP contribution in [0.3, 0.4) is 0 Å². The molecule has 19 heavy (non-hydrogen) atoms. The van der Waals surface area contributed by atoms with E-state index < -0.39 is 5.97 Å². The van der Waals surface area contributed by atoms with E-state index in [1.54, 1.807) is 0 Å². The van der Waals surface area contributed by atoms with Gasteiger partial charge < -0.3 is 5.11 Å². The van der Waals surface area contributed by atoms with Crippen molar-refractivity contribution in [3.63, 3.8) is 0 Å². The van der Waals surface area contributed by atoms with Gasteiger partial charge >= 0.3 is 5.97 Å². The van der Waals surface area contributed by atoms with Crippen LogP contribution >= 0.6 is 0 Å². The Balaban J connectivity index is 2.19. The predicted octanol–water partition coefficient (Wildman–Crippen LogP) is 2.90. The van der Waals surface area contributed by atoms with Gasteiger partial charge in [0, 0.05) is 12.0 Å². The maximum atomic E-state index is 11.3. The Morgan fingerprint density at radius 2 is 2.11 bits per heavy atom. The Kier molecular flexibility index (Phi) is 4.25. The first-order chi connectivity index (χ1) is 9.07. The SMILES string of the molecule is CC[C@@H](C(=O)O)N1CCC[C@@](C)(c2ccccc2)C1. The Bertz CT molecular complexity index is 432. The van der Waals surface area contributed by atoms with Crippen LogP contribution in [-0.4, -0.2) is 35.1 Å². The van der Waals surface area contributed by atoms with Gasteiger partial charge in [-0.3, -0.25) is 9.69 Å². The van der Waals surface area contributed by atoms with Crippen LogP contribution in [0.5, 0.6) is 0 Å². The molecular formula is C16H23NO2. The van der Waals surface area contributed by atoms with E-state index >= 15 is 0 Å². The van der Waals surface area contributed by atoms with Gasteiger partial charge in [-0.25, -0.2) is 0 Å². The number of hydrogen-bond acceptors (Lipinski definition) is 2. The standard InChI is InChI=1S/C16H23NO2/c1-3-14(15(18)19)17-11-7-10-16(2,12-17)13-8-5-4-6-9-13/h4-6,8-9,14H,3,7,10-12H2,1-2H3,(H,18,19)/t14-,16+/m0/s1. The van der Waals surface area contributed by atoms with Crippen molar-refractivity contribution < 1.29 is 9.90 Å². The summed E-state index contributed by atoms with van der Waals surface area (Å²) in [4.78, 5) is 13.5. The smallest absolute Gasteiger partial charge is 0.320 e. The molecule has 3 heteroatoms. The van der Waals surface area contributed by atoms with Crippen molar-refractivity contribution in [2.75, 3.05) is 13.1 Å². The number of carboxylic acid groups (broad SMARTS) is 1. The number of carboxylic acids is 1. The van der Waals surface area contributed by atoms with Gasteiger partial charge in [-0.05, 0) is 31.4 Å². The highest BCUT2D eigenvalue weighted by molar-refractivity contribution is 5.73. The van der Waals surface area contributed by atoms with E-state index in [-0.39, 0.29) is 11.5 Å². The summed E-state index contributed by atoms with van der Waals surface area (Å²) in [5.41, 5.74) is 1.39. The van der Waals surface area contributed by atoms with Crippen molar-refractivity contribution in [3.8, 4) is 0 Å². The van der Waals surface area contributed by atoms with E-state index in [0.717, 1.165) is 25.9 Å². The molecule has 3 nitrogen and oxygen atoms in total. The van der Waals surface area contributed by atoms with Crippen molar-refractivity contribution in [2.24, 2.45) is 0 Å². The molecule has 0 amide bonds. The summed E-state index contributed by atoms with van der Waals surface area (Å²) in [7, 11) is 0. The van der Waals surface area contributed by atoms with Crippen molar-refractivity contribution in [1.82, 2.24) is 4.90 Å². The third-order valence-electron chi connectivity index (χ3n) is 4.31. The van der Waals surface area contributed by atoms with Crippen LogP contribution in [0.25, 0.3) is 0 Å². The summed E-state index contributed by atoms with van der Waals surface area (Å²) in [5.74, 6) is -0.695. The van der Waals surface area contributed by atoms with Crippen LogP contribution in [0.15, 0.2) is 30.3 Å². The van der Waals surface area contributed by atoms with Crippen LogP contribution in [-0.2, 0) is 10.2 Å². The minimum Gasteiger partial charge on any atom is -0.480 e. The van der Waals surface area contributed by atoms with Gasteiger partial charge in [-0.2, -0.15) is 0 Å². The van der Waals surface area contributed by atoms with Gasteiger partial charge in [0.05, 0.1) is 0 Å². The second-order valence-electron chi connectivity index (χ2n) is 5.76. The molecule has 1 aliphatic heterocycles. The summed E-state index contributed by atoms with van der Waals surface area (Å²) in [6.45, 7) is 5.94. The highest BCUT2D eigenvalue weighted by atomic mass is 16.4. The Hall–Kier alpha value is -1.35. The second-order valence-corrected chi connectivity index (χ2v) is 5.76. The lowest BCUT2D eigenvalue weighted by Gasteiger charge is -2.43. The molecule has 2 atom stereocenters. The van der Waals surface area contributed by atoms with Crippen LogP contribution in [0.1, 0.15) is 38.7 Å². The summed E-state index contributed by atoms with van der Waals surface area (Å²) < 4.78 is 0. The Labute approximate surface area is 115 Å². The number of piperidine rings is 1. The van der Waals surface area contributed by atoms with E-state index in [9.17, 15) is 9.90 Å². The minimum atomic E-state index is -0.695. The van der Waals surface area contributed by atoms with E-state index in [4.69, 9.17) is 0 Å². The molecule has 1 aromatic carbocycles. The molecule has 0 unspecified atom stereocenters. The molecule has 0 radical (unpaired) electrons. The predicted molar refractivity (Wildman–Crippen MR) is 76.3 cm³/mol. The average Bonchev–Trinajstić information content (AvgIpc) is 2.40. The summed E-state index contributed by atoms with van der Waals surface area (Å²) in [6.07, 6.45) is 2.86. The number of nitrogens with zero attached hydrogens (tertiary/aromatic N) is 1. The molecule has 0 bridgehead atoms. The fourth-order valence-corrected chi connectivity index (χ4v) is 3.21. The zero-order valence-electron chi connectivity index (χ0n) is 11.8. The highest BCUT2D eigenvalue weighted by Gasteiger charge is 2.36. The lowest BCUT2D eigenvalue weighted by atomic mass is 9.75. The molecule has 2 rings (SSSR count). The number of carbonyl (C=O) groups is 1. The van der Waals surface area contributed by atoms with Crippen molar-refractivity contribution in [3.05, 3.63) is 35.9 Å². The number of hydrogen-bond donors (Lipinski definition) is 1. The average molecular weight is 261 g/mol. The highest BCUT2D eigenvalue weighted by Crippen LogP contribution is 2.34. The topological polar surface area (TPSA) is 40.5 Å². The van der Waals surface area contributed by atoms with Gasteiger partial charge in [-0.15, -0.1) is 0 Å². The molecule has 104 valence electrons. The van der Waals surface area contributed by atoms with Crippen LogP contribution < -0.4 is 0 Å². The first kappa shape index (κ1) is 14.1. The zero-order valence-corrected chi connectivity index (χ0v) is 11.8. The number of likely N-dealkylation sites (tertiary alicyclic amines) is 1. The maximum Gasteiger partial charge on any atom is 0.320 e. The first-order valence-corrected chi connectivity index (χ1v) is 7.09. The van der Waals surface area contributed by atoms with Crippen molar-refractivity contribution in [2.45, 2.75) is 44.6 Å². The fourth-order valence-electron chi connectivity index (χ4n) is 3.21.